The van der Waals surface area contributed by atoms with Crippen LogP contribution in [0.1, 0.15) is 52.4 Å². The van der Waals surface area contributed by atoms with E-state index in [9.17, 15) is 4.79 Å². The number of piperidine rings is 1. The van der Waals surface area contributed by atoms with Gasteiger partial charge in [0, 0.05) is 20.1 Å². The molecule has 130 valence electrons. The summed E-state index contributed by atoms with van der Waals surface area (Å²) in [6.07, 6.45) is 3.51. The fraction of sp³-hybridized carbons (Fsp3) is 0.812. The summed E-state index contributed by atoms with van der Waals surface area (Å²) in [4.78, 5) is 13.9. The molecule has 0 bridgehead atoms. The van der Waals surface area contributed by atoms with Gasteiger partial charge >= 0.3 is 6.09 Å². The Hall–Kier alpha value is -1.63. The monoisotopic (exact) mass is 323 g/mol. The number of hydrogen-bond acceptors (Lipinski definition) is 5. The van der Waals surface area contributed by atoms with Crippen LogP contribution in [0.3, 0.4) is 0 Å². The van der Waals surface area contributed by atoms with Crippen molar-refractivity contribution in [2.45, 2.75) is 52.2 Å². The lowest BCUT2D eigenvalue weighted by atomic mass is 9.97. The zero-order chi connectivity index (χ0) is 17.0. The van der Waals surface area contributed by atoms with Crippen LogP contribution in [0.4, 0.5) is 4.79 Å². The molecule has 2 rings (SSSR count). The van der Waals surface area contributed by atoms with E-state index in [1.54, 1.807) is 6.33 Å². The van der Waals surface area contributed by atoms with Gasteiger partial charge in [0.25, 0.3) is 0 Å². The minimum absolute atomic E-state index is 0.173. The molecule has 7 heteroatoms. The number of likely N-dealkylation sites (tertiary alicyclic amines) is 1. The summed E-state index contributed by atoms with van der Waals surface area (Å²) in [5.74, 6) is 1.51. The van der Waals surface area contributed by atoms with Crippen LogP contribution in [0.25, 0.3) is 0 Å². The van der Waals surface area contributed by atoms with E-state index in [0.717, 1.165) is 38.3 Å². The van der Waals surface area contributed by atoms with Crippen molar-refractivity contribution < 1.29 is 9.53 Å². The summed E-state index contributed by atoms with van der Waals surface area (Å²) < 4.78 is 7.36. The number of rotatable bonds is 4. The molecule has 7 nitrogen and oxygen atoms in total. The highest BCUT2D eigenvalue weighted by atomic mass is 16.6. The molecule has 2 heterocycles. The Morgan fingerprint density at radius 3 is 2.61 bits per heavy atom. The highest BCUT2D eigenvalue weighted by molar-refractivity contribution is 5.68. The maximum absolute atomic E-state index is 12.0. The molecular weight excluding hydrogens is 294 g/mol. The summed E-state index contributed by atoms with van der Waals surface area (Å²) in [6, 6.07) is 0.173. The third-order valence-corrected chi connectivity index (χ3v) is 4.11. The zero-order valence-electron chi connectivity index (χ0n) is 14.9. The molecule has 1 aromatic rings. The Morgan fingerprint density at radius 2 is 2.09 bits per heavy atom. The zero-order valence-corrected chi connectivity index (χ0v) is 14.9. The Kier molecular flexibility index (Phi) is 5.62. The van der Waals surface area contributed by atoms with E-state index in [4.69, 9.17) is 4.74 Å². The highest BCUT2D eigenvalue weighted by Crippen LogP contribution is 2.20. The third-order valence-electron chi connectivity index (χ3n) is 4.11. The molecule has 1 aliphatic rings. The van der Waals surface area contributed by atoms with Gasteiger partial charge in [0.05, 0.1) is 6.04 Å². The van der Waals surface area contributed by atoms with Gasteiger partial charge in [-0.2, -0.15) is 0 Å². The Labute approximate surface area is 138 Å². The van der Waals surface area contributed by atoms with Gasteiger partial charge in [0.2, 0.25) is 0 Å². The van der Waals surface area contributed by atoms with Gasteiger partial charge in [-0.3, -0.25) is 0 Å². The average molecular weight is 323 g/mol. The smallest absolute Gasteiger partial charge is 0.410 e. The molecule has 1 aromatic heterocycles. The first-order chi connectivity index (χ1) is 10.8. The molecule has 1 amide bonds. The minimum atomic E-state index is -0.430. The van der Waals surface area contributed by atoms with E-state index < -0.39 is 5.60 Å². The van der Waals surface area contributed by atoms with E-state index in [1.165, 1.54) is 0 Å². The quantitative estimate of drug-likeness (QED) is 0.919. The van der Waals surface area contributed by atoms with Gasteiger partial charge in [0.1, 0.15) is 17.8 Å². The van der Waals surface area contributed by atoms with E-state index in [-0.39, 0.29) is 12.1 Å². The number of aryl methyl sites for hydroxylation is 1. The molecule has 1 aliphatic heterocycles. The fourth-order valence-electron chi connectivity index (χ4n) is 2.77. The maximum atomic E-state index is 12.0. The SMILES string of the molecule is CC(NCC1CCN(C(=O)OC(C)(C)C)CC1)c1nncn1C. The summed E-state index contributed by atoms with van der Waals surface area (Å²) in [6.45, 7) is 10.2. The fourth-order valence-corrected chi connectivity index (χ4v) is 2.77. The number of nitrogens with one attached hydrogen (secondary N) is 1. The number of carbonyl (C=O) groups excluding carboxylic acids is 1. The van der Waals surface area contributed by atoms with Crippen LogP contribution in [-0.4, -0.2) is 51.0 Å². The molecule has 1 fully saturated rings. The van der Waals surface area contributed by atoms with Crippen LogP contribution >= 0.6 is 0 Å². The maximum Gasteiger partial charge on any atom is 0.410 e. The lowest BCUT2D eigenvalue weighted by Crippen LogP contribution is -2.43. The van der Waals surface area contributed by atoms with Crippen LogP contribution in [0.5, 0.6) is 0 Å². The lowest BCUT2D eigenvalue weighted by molar-refractivity contribution is 0.0183. The predicted molar refractivity (Wildman–Crippen MR) is 88.0 cm³/mol. The van der Waals surface area contributed by atoms with Crippen molar-refractivity contribution >= 4 is 6.09 Å². The van der Waals surface area contributed by atoms with Gasteiger partial charge < -0.3 is 19.5 Å². The van der Waals surface area contributed by atoms with Crippen molar-refractivity contribution in [1.82, 2.24) is 25.0 Å². The van der Waals surface area contributed by atoms with Crippen molar-refractivity contribution in [3.63, 3.8) is 0 Å². The standard InChI is InChI=1S/C16H29N5O2/c1-12(14-19-18-11-20(14)5)17-10-13-6-8-21(9-7-13)15(22)23-16(2,3)4/h11-13,17H,6-10H2,1-5H3. The van der Waals surface area contributed by atoms with Gasteiger partial charge in [-0.15, -0.1) is 10.2 Å². The van der Waals surface area contributed by atoms with E-state index in [0.29, 0.717) is 5.92 Å². The number of amides is 1. The van der Waals surface area contributed by atoms with Crippen LogP contribution in [-0.2, 0) is 11.8 Å². The first kappa shape index (κ1) is 17.7. The molecule has 0 aliphatic carbocycles. The normalized spacial score (nSPS) is 18.0. The topological polar surface area (TPSA) is 72.3 Å². The minimum Gasteiger partial charge on any atom is -0.444 e. The molecule has 1 unspecified atom stereocenters. The molecule has 1 saturated heterocycles. The van der Waals surface area contributed by atoms with Crippen LogP contribution in [0, 0.1) is 5.92 Å². The second-order valence-corrected chi connectivity index (χ2v) is 7.34. The van der Waals surface area contributed by atoms with Crippen molar-refractivity contribution in [1.29, 1.82) is 0 Å². The van der Waals surface area contributed by atoms with Crippen LogP contribution in [0.2, 0.25) is 0 Å². The Bertz CT molecular complexity index is 515. The second-order valence-electron chi connectivity index (χ2n) is 7.34. The van der Waals surface area contributed by atoms with Crippen LogP contribution in [0.15, 0.2) is 6.33 Å². The summed E-state index contributed by atoms with van der Waals surface area (Å²) in [7, 11) is 1.95. The number of nitrogens with zero attached hydrogens (tertiary/aromatic N) is 4. The van der Waals surface area contributed by atoms with Gasteiger partial charge in [-0.1, -0.05) is 0 Å². The lowest BCUT2D eigenvalue weighted by Gasteiger charge is -2.33. The Morgan fingerprint density at radius 1 is 1.43 bits per heavy atom. The van der Waals surface area contributed by atoms with Crippen molar-refractivity contribution in [2.75, 3.05) is 19.6 Å². The second kappa shape index (κ2) is 7.29. The third kappa shape index (κ3) is 5.20. The molecule has 1 N–H and O–H groups in total. The van der Waals surface area contributed by atoms with E-state index in [1.807, 2.05) is 37.3 Å². The molecule has 0 radical (unpaired) electrons. The van der Waals surface area contributed by atoms with Crippen LogP contribution < -0.4 is 5.32 Å². The first-order valence-corrected chi connectivity index (χ1v) is 8.31. The number of ether oxygens (including phenoxy) is 1. The largest absolute Gasteiger partial charge is 0.444 e. The van der Waals surface area contributed by atoms with Crippen molar-refractivity contribution in [3.8, 4) is 0 Å². The number of carbonyl (C=O) groups is 1. The van der Waals surface area contributed by atoms with E-state index in [2.05, 4.69) is 22.4 Å². The van der Waals surface area contributed by atoms with Gasteiger partial charge in [-0.05, 0) is 53.0 Å². The molecule has 0 aromatic carbocycles. The average Bonchev–Trinajstić information content (AvgIpc) is 2.90. The van der Waals surface area contributed by atoms with Crippen molar-refractivity contribution in [3.05, 3.63) is 12.2 Å². The summed E-state index contributed by atoms with van der Waals surface area (Å²) in [5.41, 5.74) is -0.430. The highest BCUT2D eigenvalue weighted by Gasteiger charge is 2.27. The summed E-state index contributed by atoms with van der Waals surface area (Å²) in [5, 5.41) is 11.6. The Balaban J connectivity index is 1.73. The first-order valence-electron chi connectivity index (χ1n) is 8.31. The molecule has 0 saturated carbocycles. The number of hydrogen-bond donors (Lipinski definition) is 1. The van der Waals surface area contributed by atoms with Crippen molar-refractivity contribution in [2.24, 2.45) is 13.0 Å². The van der Waals surface area contributed by atoms with Gasteiger partial charge in [0.15, 0.2) is 0 Å². The molecule has 23 heavy (non-hydrogen) atoms. The number of aromatic nitrogens is 3. The van der Waals surface area contributed by atoms with E-state index >= 15 is 0 Å². The molecular formula is C16H29N5O2. The summed E-state index contributed by atoms with van der Waals surface area (Å²) >= 11 is 0. The molecule has 0 spiro atoms. The molecule has 1 atom stereocenters. The predicted octanol–water partition coefficient (Wildman–Crippen LogP) is 2.11. The van der Waals surface area contributed by atoms with Gasteiger partial charge in [-0.25, -0.2) is 4.79 Å².